The molecule has 0 amide bonds. The van der Waals surface area contributed by atoms with Gasteiger partial charge in [-0.25, -0.2) is 4.79 Å². The zero-order valence-electron chi connectivity index (χ0n) is 38.1. The number of methoxy groups -OCH3 is 1. The summed E-state index contributed by atoms with van der Waals surface area (Å²) in [6.07, 6.45) is 27.5. The minimum atomic E-state index is -4.67. The fourth-order valence-corrected chi connectivity index (χ4v) is 3.84. The number of halogens is 3. The first-order chi connectivity index (χ1) is 29.8. The summed E-state index contributed by atoms with van der Waals surface area (Å²) in [6.45, 7) is 21.8. The van der Waals surface area contributed by atoms with Crippen LogP contribution in [0.25, 0.3) is 0 Å². The van der Waals surface area contributed by atoms with E-state index in [-0.39, 0.29) is 90.2 Å². The van der Waals surface area contributed by atoms with Gasteiger partial charge in [0.25, 0.3) is 0 Å². The van der Waals surface area contributed by atoms with Gasteiger partial charge in [-0.2, -0.15) is 50.7 Å². The molecule has 2 N–H and O–H groups in total. The fraction of sp³-hybridized carbons (Fsp3) is 0.459. The van der Waals surface area contributed by atoms with Gasteiger partial charge in [-0.15, -0.1) is 0 Å². The van der Waals surface area contributed by atoms with Crippen LogP contribution in [0.1, 0.15) is 116 Å². The number of allylic oxidation sites excluding steroid dienone is 13. The van der Waals surface area contributed by atoms with Crippen LogP contribution in [-0.2, 0) is 201 Å². The second-order valence-corrected chi connectivity index (χ2v) is 18.2. The smallest absolute Gasteiger partial charge is 0.394 e. The molecule has 0 atom stereocenters. The zero-order chi connectivity index (χ0) is 53.6. The summed E-state index contributed by atoms with van der Waals surface area (Å²) in [4.78, 5) is 79.1. The lowest BCUT2D eigenvalue weighted by Crippen LogP contribution is -1.92. The van der Waals surface area contributed by atoms with Gasteiger partial charge in [0.2, 0.25) is 0 Å². The van der Waals surface area contributed by atoms with Crippen molar-refractivity contribution in [2.45, 2.75) is 111 Å². The number of rotatable bonds is 1. The Morgan fingerprint density at radius 2 is 0.843 bits per heavy atom. The molecule has 0 aromatic heterocycles. The molecule has 2 aliphatic rings. The normalized spacial score (nSPS) is 7.97. The molecule has 33 heteroatoms. The van der Waals surface area contributed by atoms with E-state index in [4.69, 9.17) is 46.3 Å². The Hall–Kier alpha value is -1.78. The largest absolute Gasteiger partial charge is 0.466 e. The topological polar surface area (TPSA) is 237 Å². The van der Waals surface area contributed by atoms with E-state index in [1.54, 1.807) is 31.2 Å². The van der Waals surface area contributed by atoms with Gasteiger partial charge in [0.05, 0.1) is 7.11 Å². The van der Waals surface area contributed by atoms with E-state index in [0.717, 1.165) is 21.7 Å². The van der Waals surface area contributed by atoms with Gasteiger partial charge in [0, 0.05) is 160 Å². The number of carbonyl (C=O) groups excluding carboxylic acids is 9. The van der Waals surface area contributed by atoms with Crippen LogP contribution < -0.4 is 0 Å². The van der Waals surface area contributed by atoms with Gasteiger partial charge in [0.1, 0.15) is 0 Å². The van der Waals surface area contributed by atoms with Gasteiger partial charge in [0.15, 0.2) is 11.6 Å². The van der Waals surface area contributed by atoms with Crippen molar-refractivity contribution in [2.24, 2.45) is 0 Å². The van der Waals surface area contributed by atoms with Crippen molar-refractivity contribution in [3.8, 4) is 0 Å². The lowest BCUT2D eigenvalue weighted by Gasteiger charge is -1.84. The summed E-state index contributed by atoms with van der Waals surface area (Å²) in [6, 6.07) is 0. The van der Waals surface area contributed by atoms with Crippen molar-refractivity contribution in [2.75, 3.05) is 7.11 Å². The van der Waals surface area contributed by atoms with E-state index < -0.39 is 10.4 Å². The van der Waals surface area contributed by atoms with Crippen LogP contribution in [0.15, 0.2) is 85.1 Å². The third-order valence-corrected chi connectivity index (χ3v) is 9.75. The maximum absolute atomic E-state index is 10.2. The lowest BCUT2D eigenvalue weighted by atomic mass is 10.3. The Morgan fingerprint density at radius 3 is 0.886 bits per heavy atom. The molecular weight excluding hydrogens is 1240 g/mol. The molecule has 0 saturated carbocycles. The van der Waals surface area contributed by atoms with Crippen molar-refractivity contribution >= 4 is 203 Å². The Balaban J connectivity index is -0.0000000160. The van der Waals surface area contributed by atoms with Crippen LogP contribution >= 0.6 is 13.5 Å². The van der Waals surface area contributed by atoms with Crippen LogP contribution in [0.2, 0.25) is 0 Å². The number of hydrogen-bond donors (Lipinski definition) is 2. The second kappa shape index (κ2) is 192. The molecule has 0 heterocycles. The van der Waals surface area contributed by atoms with E-state index >= 15 is 0 Å². The molecule has 428 valence electrons. The van der Waals surface area contributed by atoms with E-state index in [2.05, 4.69) is 94.2 Å². The predicted octanol–water partition coefficient (Wildman–Crippen LogP) is 9.90. The molecule has 2 rings (SSSR count). The van der Waals surface area contributed by atoms with Crippen molar-refractivity contribution in [1.29, 1.82) is 0 Å². The van der Waals surface area contributed by atoms with Gasteiger partial charge in [-0.3, -0.25) is 32.8 Å². The highest BCUT2D eigenvalue weighted by Crippen LogP contribution is 2.01. The molecular formula is C37H79F3O14S16. The highest BCUT2D eigenvalue weighted by Gasteiger charge is 1.98. The lowest BCUT2D eigenvalue weighted by molar-refractivity contribution is -0.193. The van der Waals surface area contributed by atoms with Crippen molar-refractivity contribution in [1.82, 2.24) is 0 Å². The maximum Gasteiger partial charge on any atom is 0.394 e. The Bertz CT molecular complexity index is 1570. The van der Waals surface area contributed by atoms with Crippen molar-refractivity contribution < 1.29 is 83.8 Å². The average Bonchev–Trinajstić information content (AvgIpc) is 3.98. The first kappa shape index (κ1) is 138. The molecule has 0 aromatic rings. The second-order valence-electron chi connectivity index (χ2n) is 6.66. The summed E-state index contributed by atoms with van der Waals surface area (Å²) in [5, 5.41) is 0. The van der Waals surface area contributed by atoms with Crippen molar-refractivity contribution in [3.05, 3.63) is 85.1 Å². The fourth-order valence-electron chi connectivity index (χ4n) is 1.10. The number of esters is 1. The molecule has 0 bridgehead atoms. The minimum absolute atomic E-state index is 0. The van der Waals surface area contributed by atoms with Crippen LogP contribution in [-0.4, -0.2) is 60.6 Å². The molecule has 0 unspecified atom stereocenters. The first-order valence-electron chi connectivity index (χ1n) is 15.9. The number of carbonyl (C=O) groups is 3. The molecule has 0 fully saturated rings. The SMILES string of the molecule is C.C.C.C/C=C\C.C/C=C\C.C/C=C\C.CC.CC.CC=CC(=O)OC.F.F.F.O=C1C=CC=C1.O=C1C=CCC1.O=C=O.O=C=O.O=C=O.O=S(=O)(O)O.S.S=S.S=S=S.S=S=S=S.S=S=S=S=S.[2HH].[2HH].[2HH]. The molecule has 0 aromatic carbocycles. The Labute approximate surface area is 485 Å². The molecule has 2 aliphatic carbocycles. The highest BCUT2D eigenvalue weighted by atomic mass is 33.3. The van der Waals surface area contributed by atoms with E-state index in [1.807, 2.05) is 112 Å². The molecule has 70 heavy (non-hydrogen) atoms. The highest BCUT2D eigenvalue weighted by molar-refractivity contribution is 8.59. The van der Waals surface area contributed by atoms with E-state index in [9.17, 15) is 14.4 Å². The summed E-state index contributed by atoms with van der Waals surface area (Å²) in [7, 11) is 3.89. The molecule has 14 nitrogen and oxygen atoms in total. The monoisotopic (exact) mass is 1320 g/mol. The molecule has 0 radical (unpaired) electrons. The van der Waals surface area contributed by atoms with Crippen LogP contribution in [0.5, 0.6) is 0 Å². The van der Waals surface area contributed by atoms with Gasteiger partial charge in [-0.1, -0.05) is 111 Å². The van der Waals surface area contributed by atoms with Crippen molar-refractivity contribution in [3.63, 3.8) is 0 Å². The maximum atomic E-state index is 10.2. The van der Waals surface area contributed by atoms with E-state index in [1.165, 1.54) is 69.7 Å². The summed E-state index contributed by atoms with van der Waals surface area (Å²) >= 11 is 33.1. The molecule has 0 saturated heterocycles. The van der Waals surface area contributed by atoms with Crippen LogP contribution in [0, 0.1) is 0 Å². The number of ketones is 2. The standard InChI is InChI=1S/C5H8O2.C5H6O.C5H4O.3C4H8.2C2H6.3CO2.3CH4.3FH.H2O4S.S5.S4.S3.S2.H2S.3H2/c1-3-4-5(6)7-2;2*6-5-3-1-2-4-5;3*1-3-4-2;2*1-2;3*2-1-3;;;;;;;1-5(2,3)4;1-3-5-4-2;1-3-4-2;1-3-2;1-2;;;;/h3-4H,1-2H3;1,3H,2,4H2;1-4H;3*3-4H,1-2H3;2*1-2H3;;;;3*1H4;3*1H;(H2,1,2,3,4);;;;;1H2;3*1H/b;;;3*4-3-;;;;;;;;;;;;;;;;;;;;/i;;;;;;;;;;;;;;;;;;;;;;;3*1+1. The Kier molecular flexibility index (Phi) is 378. The third-order valence-electron chi connectivity index (χ3n) is 3.08. The van der Waals surface area contributed by atoms with Crippen LogP contribution in [0.4, 0.5) is 14.1 Å². The molecule has 0 spiro atoms. The molecule has 0 aliphatic heterocycles. The van der Waals surface area contributed by atoms with Crippen LogP contribution in [0.3, 0.4) is 0 Å². The zero-order valence-corrected chi connectivity index (χ0v) is 51.4. The average molecular weight is 1320 g/mol. The summed E-state index contributed by atoms with van der Waals surface area (Å²) < 4.78 is 35.8. The third kappa shape index (κ3) is 522. The minimum Gasteiger partial charge on any atom is -0.466 e. The van der Waals surface area contributed by atoms with E-state index in [0.29, 0.717) is 0 Å². The predicted molar refractivity (Wildman–Crippen MR) is 334 cm³/mol. The van der Waals surface area contributed by atoms with Gasteiger partial charge in [-0.05, 0) is 73.1 Å². The van der Waals surface area contributed by atoms with Gasteiger partial charge >= 0.3 is 34.8 Å². The Morgan fingerprint density at radius 1 is 0.614 bits per heavy atom. The first-order valence-corrected chi connectivity index (χ1v) is 30.7. The summed E-state index contributed by atoms with van der Waals surface area (Å²) in [5.41, 5.74) is 0. The van der Waals surface area contributed by atoms with Gasteiger partial charge < -0.3 is 4.74 Å². The number of ether oxygens (including phenoxy) is 1. The number of hydrogen-bond acceptors (Lipinski definition) is 20. The summed E-state index contributed by atoms with van der Waals surface area (Å²) in [5.74, 6) is 0.0625. The quantitative estimate of drug-likeness (QED) is 0.107.